The van der Waals surface area contributed by atoms with Gasteiger partial charge in [-0.3, -0.25) is 0 Å². The first-order chi connectivity index (χ1) is 9.69. The van der Waals surface area contributed by atoms with Crippen LogP contribution in [0.5, 0.6) is 0 Å². The molecule has 0 radical (unpaired) electrons. The van der Waals surface area contributed by atoms with Crippen molar-refractivity contribution in [1.29, 1.82) is 5.26 Å². The molecule has 5 nitrogen and oxygen atoms in total. The third-order valence-corrected chi connectivity index (χ3v) is 2.91. The molecule has 0 fully saturated rings. The summed E-state index contributed by atoms with van der Waals surface area (Å²) in [5.41, 5.74) is 2.07. The molecule has 0 aliphatic heterocycles. The smallest absolute Gasteiger partial charge is 0.338 e. The van der Waals surface area contributed by atoms with Gasteiger partial charge in [-0.1, -0.05) is 6.07 Å². The number of carbonyl (C=O) groups is 1. The molecule has 1 heterocycles. The molecule has 3 rings (SSSR count). The Balaban J connectivity index is 2.15. The van der Waals surface area contributed by atoms with E-state index in [2.05, 4.69) is 4.98 Å². The largest absolute Gasteiger partial charge is 0.478 e. The van der Waals surface area contributed by atoms with Crippen molar-refractivity contribution in [3.05, 3.63) is 53.6 Å². The van der Waals surface area contributed by atoms with Crippen molar-refractivity contribution < 1.29 is 14.3 Å². The topological polar surface area (TPSA) is 87.1 Å². The van der Waals surface area contributed by atoms with E-state index in [9.17, 15) is 4.79 Å². The summed E-state index contributed by atoms with van der Waals surface area (Å²) < 4.78 is 5.56. The highest BCUT2D eigenvalue weighted by Crippen LogP contribution is 2.26. The van der Waals surface area contributed by atoms with E-state index in [0.717, 1.165) is 0 Å². The van der Waals surface area contributed by atoms with Crippen LogP contribution >= 0.6 is 0 Å². The van der Waals surface area contributed by atoms with Crippen LogP contribution in [-0.4, -0.2) is 16.1 Å². The van der Waals surface area contributed by atoms with Gasteiger partial charge in [0.2, 0.25) is 5.89 Å². The monoisotopic (exact) mass is 264 g/mol. The highest BCUT2D eigenvalue weighted by atomic mass is 16.4. The first-order valence-electron chi connectivity index (χ1n) is 5.82. The molecular formula is C15H8N2O3. The fourth-order valence-electron chi connectivity index (χ4n) is 1.93. The number of para-hydroxylation sites is 1. The number of oxazole rings is 1. The first-order valence-corrected chi connectivity index (χ1v) is 5.82. The molecule has 0 aliphatic rings. The van der Waals surface area contributed by atoms with Gasteiger partial charge in [-0.05, 0) is 36.4 Å². The van der Waals surface area contributed by atoms with E-state index in [4.69, 9.17) is 14.8 Å². The van der Waals surface area contributed by atoms with Crippen LogP contribution < -0.4 is 0 Å². The molecule has 0 atom stereocenters. The highest BCUT2D eigenvalue weighted by molar-refractivity contribution is 6.00. The molecular weight excluding hydrogens is 256 g/mol. The molecule has 5 heteroatoms. The first kappa shape index (κ1) is 11.9. The van der Waals surface area contributed by atoms with Crippen LogP contribution in [0.25, 0.3) is 22.6 Å². The number of aromatic nitrogens is 1. The SMILES string of the molecule is N#Cc1ccc(-c2nc3c(C(=O)O)cccc3o2)cc1. The lowest BCUT2D eigenvalue weighted by molar-refractivity contribution is 0.0699. The fourth-order valence-corrected chi connectivity index (χ4v) is 1.93. The van der Waals surface area contributed by atoms with E-state index < -0.39 is 5.97 Å². The summed E-state index contributed by atoms with van der Waals surface area (Å²) in [6.45, 7) is 0. The second kappa shape index (κ2) is 4.52. The van der Waals surface area contributed by atoms with Gasteiger partial charge in [0.15, 0.2) is 5.58 Å². The maximum Gasteiger partial charge on any atom is 0.338 e. The van der Waals surface area contributed by atoms with E-state index in [1.807, 2.05) is 6.07 Å². The Kier molecular flexibility index (Phi) is 2.70. The number of carboxylic acid groups (broad SMARTS) is 1. The van der Waals surface area contributed by atoms with Crippen molar-refractivity contribution in [3.8, 4) is 17.5 Å². The average molecular weight is 264 g/mol. The third-order valence-electron chi connectivity index (χ3n) is 2.91. The van der Waals surface area contributed by atoms with Crippen LogP contribution in [0.2, 0.25) is 0 Å². The van der Waals surface area contributed by atoms with Crippen LogP contribution in [0.4, 0.5) is 0 Å². The van der Waals surface area contributed by atoms with Gasteiger partial charge in [-0.25, -0.2) is 9.78 Å². The summed E-state index contributed by atoms with van der Waals surface area (Å²) in [6.07, 6.45) is 0. The molecule has 0 spiro atoms. The van der Waals surface area contributed by atoms with E-state index in [1.165, 1.54) is 6.07 Å². The van der Waals surface area contributed by atoms with E-state index in [-0.39, 0.29) is 5.56 Å². The van der Waals surface area contributed by atoms with Crippen molar-refractivity contribution in [1.82, 2.24) is 4.98 Å². The van der Waals surface area contributed by atoms with Crippen molar-refractivity contribution >= 4 is 17.1 Å². The van der Waals surface area contributed by atoms with Crippen LogP contribution in [0.3, 0.4) is 0 Å². The summed E-state index contributed by atoms with van der Waals surface area (Å²) in [7, 11) is 0. The van der Waals surface area contributed by atoms with Crippen LogP contribution in [0.1, 0.15) is 15.9 Å². The van der Waals surface area contributed by atoms with Gasteiger partial charge in [0, 0.05) is 5.56 Å². The van der Waals surface area contributed by atoms with Gasteiger partial charge >= 0.3 is 5.97 Å². The van der Waals surface area contributed by atoms with E-state index in [1.54, 1.807) is 36.4 Å². The third kappa shape index (κ3) is 1.89. The number of carboxylic acids is 1. The number of rotatable bonds is 2. The van der Waals surface area contributed by atoms with Crippen molar-refractivity contribution in [2.24, 2.45) is 0 Å². The second-order valence-corrected chi connectivity index (χ2v) is 4.17. The molecule has 0 saturated carbocycles. The van der Waals surface area contributed by atoms with Gasteiger partial charge in [0.25, 0.3) is 0 Å². The standard InChI is InChI=1S/C15H8N2O3/c16-8-9-4-6-10(7-5-9)14-17-13-11(15(18)19)2-1-3-12(13)20-14/h1-7H,(H,18,19). The van der Waals surface area contributed by atoms with Gasteiger partial charge in [0.05, 0.1) is 17.2 Å². The Morgan fingerprint density at radius 1 is 1.20 bits per heavy atom. The molecule has 0 unspecified atom stereocenters. The van der Waals surface area contributed by atoms with Crippen molar-refractivity contribution in [2.45, 2.75) is 0 Å². The number of hydrogen-bond acceptors (Lipinski definition) is 4. The summed E-state index contributed by atoms with van der Waals surface area (Å²) in [6, 6.07) is 13.5. The molecule has 0 amide bonds. The fraction of sp³-hybridized carbons (Fsp3) is 0. The number of hydrogen-bond donors (Lipinski definition) is 1. The predicted molar refractivity (Wildman–Crippen MR) is 71.1 cm³/mol. The minimum absolute atomic E-state index is 0.103. The van der Waals surface area contributed by atoms with Crippen molar-refractivity contribution in [3.63, 3.8) is 0 Å². The Labute approximate surface area is 113 Å². The minimum atomic E-state index is -1.05. The number of aromatic carboxylic acids is 1. The summed E-state index contributed by atoms with van der Waals surface area (Å²) >= 11 is 0. The molecule has 96 valence electrons. The summed E-state index contributed by atoms with van der Waals surface area (Å²) in [4.78, 5) is 15.4. The molecule has 20 heavy (non-hydrogen) atoms. The lowest BCUT2D eigenvalue weighted by atomic mass is 10.1. The zero-order chi connectivity index (χ0) is 14.1. The molecule has 1 N–H and O–H groups in total. The number of fused-ring (bicyclic) bond motifs is 1. The summed E-state index contributed by atoms with van der Waals surface area (Å²) in [5, 5.41) is 17.9. The quantitative estimate of drug-likeness (QED) is 0.768. The van der Waals surface area contributed by atoms with Crippen LogP contribution in [0, 0.1) is 11.3 Å². The van der Waals surface area contributed by atoms with Gasteiger partial charge in [-0.2, -0.15) is 5.26 Å². The Bertz CT molecular complexity index is 842. The maximum atomic E-state index is 11.1. The molecule has 0 aliphatic carbocycles. The van der Waals surface area contributed by atoms with Gasteiger partial charge in [-0.15, -0.1) is 0 Å². The molecule has 0 bridgehead atoms. The predicted octanol–water partition coefficient (Wildman–Crippen LogP) is 3.06. The lowest BCUT2D eigenvalue weighted by Gasteiger charge is -1.94. The zero-order valence-corrected chi connectivity index (χ0v) is 10.2. The van der Waals surface area contributed by atoms with Crippen LogP contribution in [0.15, 0.2) is 46.9 Å². The Hall–Kier alpha value is -3.13. The normalized spacial score (nSPS) is 10.3. The maximum absolute atomic E-state index is 11.1. The molecule has 0 saturated heterocycles. The lowest BCUT2D eigenvalue weighted by Crippen LogP contribution is -1.96. The average Bonchev–Trinajstić information content (AvgIpc) is 2.90. The zero-order valence-electron chi connectivity index (χ0n) is 10.2. The highest BCUT2D eigenvalue weighted by Gasteiger charge is 2.15. The van der Waals surface area contributed by atoms with E-state index in [0.29, 0.717) is 28.1 Å². The van der Waals surface area contributed by atoms with Gasteiger partial charge < -0.3 is 9.52 Å². The number of nitriles is 1. The van der Waals surface area contributed by atoms with E-state index >= 15 is 0 Å². The van der Waals surface area contributed by atoms with Crippen molar-refractivity contribution in [2.75, 3.05) is 0 Å². The Morgan fingerprint density at radius 2 is 1.95 bits per heavy atom. The van der Waals surface area contributed by atoms with Gasteiger partial charge in [0.1, 0.15) is 5.52 Å². The molecule has 2 aromatic carbocycles. The summed E-state index contributed by atoms with van der Waals surface area (Å²) in [5.74, 6) is -0.714. The number of nitrogens with zero attached hydrogens (tertiary/aromatic N) is 2. The molecule has 3 aromatic rings. The number of benzene rings is 2. The molecule has 1 aromatic heterocycles. The second-order valence-electron chi connectivity index (χ2n) is 4.17. The van der Waals surface area contributed by atoms with Crippen LogP contribution in [-0.2, 0) is 0 Å². The Morgan fingerprint density at radius 3 is 2.60 bits per heavy atom. The minimum Gasteiger partial charge on any atom is -0.478 e.